The van der Waals surface area contributed by atoms with Crippen LogP contribution in [0.3, 0.4) is 0 Å². The number of carbonyl (C=O) groups is 1. The maximum Gasteiger partial charge on any atom is 0.266 e. The summed E-state index contributed by atoms with van der Waals surface area (Å²) in [5.41, 5.74) is -0.193. The van der Waals surface area contributed by atoms with E-state index in [9.17, 15) is 40.3 Å². The fourth-order valence-electron chi connectivity index (χ4n) is 4.51. The van der Waals surface area contributed by atoms with Gasteiger partial charge in [-0.25, -0.2) is 30.7 Å². The number of benzene rings is 1. The Morgan fingerprint density at radius 2 is 1.70 bits per heavy atom. The number of amides is 1. The minimum Gasteiger partial charge on any atom is -0.398 e. The Morgan fingerprint density at radius 3 is 2.16 bits per heavy atom. The number of nitrogens with two attached hydrogens (primary N) is 1. The number of fused-ring (bicyclic) bond motifs is 1. The van der Waals surface area contributed by atoms with Gasteiger partial charge in [-0.15, -0.1) is 0 Å². The van der Waals surface area contributed by atoms with E-state index in [1.807, 2.05) is 0 Å². The number of alkyl halides is 6. The summed E-state index contributed by atoms with van der Waals surface area (Å²) in [7, 11) is 0. The first kappa shape index (κ1) is 27.0. The van der Waals surface area contributed by atoms with Crippen LogP contribution in [0.25, 0.3) is 0 Å². The molecule has 2 aromatic rings. The molecule has 2 aliphatic carbocycles. The summed E-state index contributed by atoms with van der Waals surface area (Å²) < 4.78 is 94.6. The molecular weight excluding hydrogens is 509 g/mol. The predicted molar refractivity (Wildman–Crippen MR) is 120 cm³/mol. The summed E-state index contributed by atoms with van der Waals surface area (Å²) in [6.07, 6.45) is -7.44. The average molecular weight is 534 g/mol. The van der Waals surface area contributed by atoms with Crippen LogP contribution in [0, 0.1) is 17.7 Å². The normalized spacial score (nSPS) is 21.9. The van der Waals surface area contributed by atoms with Gasteiger partial charge < -0.3 is 20.9 Å². The molecule has 3 atom stereocenters. The largest absolute Gasteiger partial charge is 0.398 e. The molecule has 3 unspecified atom stereocenters. The lowest BCUT2D eigenvalue weighted by Gasteiger charge is -2.22. The van der Waals surface area contributed by atoms with Gasteiger partial charge in [0.15, 0.2) is 0 Å². The van der Waals surface area contributed by atoms with Crippen molar-refractivity contribution < 1.29 is 35.5 Å². The third-order valence-corrected chi connectivity index (χ3v) is 7.03. The van der Waals surface area contributed by atoms with E-state index in [2.05, 4.69) is 5.32 Å². The molecule has 1 aromatic heterocycles. The molecule has 13 heteroatoms. The standard InChI is InChI=1S/C19H16F7N3O2.C5H9N/c20-13-8(2-1-3-9(13)15(21)22)14(16(23)24)28-17(31)10-7-29(12(30)6-11(10)27)19(4-5-19)18(25)26;1-4-2-6-3-5(1)4/h1-3,6-7,14-16,18H,4-5,27H2,(H,28,31);4-6H,1-3H2. The van der Waals surface area contributed by atoms with Crippen LogP contribution in [0.4, 0.5) is 36.4 Å². The molecule has 0 spiro atoms. The molecule has 1 amide bonds. The van der Waals surface area contributed by atoms with Gasteiger partial charge in [0.05, 0.1) is 16.8 Å². The number of rotatable bonds is 7. The smallest absolute Gasteiger partial charge is 0.266 e. The Morgan fingerprint density at radius 1 is 1.08 bits per heavy atom. The summed E-state index contributed by atoms with van der Waals surface area (Å²) in [5.74, 6) is -0.728. The highest BCUT2D eigenvalue weighted by atomic mass is 19.3. The first-order chi connectivity index (χ1) is 17.5. The van der Waals surface area contributed by atoms with E-state index in [0.29, 0.717) is 16.7 Å². The van der Waals surface area contributed by atoms with Crippen LogP contribution in [-0.4, -0.2) is 36.4 Å². The summed E-state index contributed by atoms with van der Waals surface area (Å²) in [6.45, 7) is 2.62. The number of piperidine rings is 1. The molecular formula is C24H25F7N4O2. The van der Waals surface area contributed by atoms with E-state index < -0.39 is 70.5 Å². The Kier molecular flexibility index (Phi) is 7.54. The van der Waals surface area contributed by atoms with Crippen molar-refractivity contribution in [2.75, 3.05) is 18.8 Å². The molecule has 37 heavy (non-hydrogen) atoms. The van der Waals surface area contributed by atoms with Crippen molar-refractivity contribution in [1.29, 1.82) is 0 Å². The van der Waals surface area contributed by atoms with Gasteiger partial charge in [0, 0.05) is 17.8 Å². The SMILES string of the molecule is C1NCC2CC12.Nc1cc(=O)n(C2(C(F)F)CC2)cc1C(=O)NC(c1cccc(C(F)F)c1F)C(F)F. The van der Waals surface area contributed by atoms with Crippen LogP contribution < -0.4 is 21.9 Å². The Hall–Kier alpha value is -3.09. The van der Waals surface area contributed by atoms with Crippen molar-refractivity contribution in [1.82, 2.24) is 15.2 Å². The van der Waals surface area contributed by atoms with E-state index in [1.54, 1.807) is 5.32 Å². The second-order valence-electron chi connectivity index (χ2n) is 9.51. The van der Waals surface area contributed by atoms with Crippen LogP contribution in [0.15, 0.2) is 35.3 Å². The highest BCUT2D eigenvalue weighted by Crippen LogP contribution is 2.47. The third-order valence-electron chi connectivity index (χ3n) is 7.03. The van der Waals surface area contributed by atoms with E-state index in [-0.39, 0.29) is 12.8 Å². The fourth-order valence-corrected chi connectivity index (χ4v) is 4.51. The number of hydrogen-bond acceptors (Lipinski definition) is 4. The molecule has 3 fully saturated rings. The summed E-state index contributed by atoms with van der Waals surface area (Å²) in [6, 6.07) is 0.804. The average Bonchev–Trinajstić information content (AvgIpc) is 3.75. The number of halogens is 7. The first-order valence-corrected chi connectivity index (χ1v) is 11.6. The lowest BCUT2D eigenvalue weighted by Crippen LogP contribution is -2.38. The van der Waals surface area contributed by atoms with Gasteiger partial charge in [-0.3, -0.25) is 9.59 Å². The highest BCUT2D eigenvalue weighted by molar-refractivity contribution is 5.99. The first-order valence-electron chi connectivity index (χ1n) is 11.6. The zero-order valence-corrected chi connectivity index (χ0v) is 19.4. The fraction of sp³-hybridized carbons (Fsp3) is 0.500. The number of carbonyl (C=O) groups excluding carboxylic acids is 1. The van der Waals surface area contributed by atoms with Crippen molar-refractivity contribution in [3.8, 4) is 0 Å². The van der Waals surface area contributed by atoms with E-state index in [0.717, 1.165) is 30.2 Å². The Labute approximate surface area is 207 Å². The molecule has 6 nitrogen and oxygen atoms in total. The van der Waals surface area contributed by atoms with E-state index in [4.69, 9.17) is 5.73 Å². The van der Waals surface area contributed by atoms with E-state index in [1.165, 1.54) is 19.5 Å². The number of hydrogen-bond donors (Lipinski definition) is 3. The molecule has 1 aromatic carbocycles. The van der Waals surface area contributed by atoms with Gasteiger partial charge in [-0.1, -0.05) is 18.2 Å². The zero-order valence-electron chi connectivity index (χ0n) is 19.4. The van der Waals surface area contributed by atoms with Gasteiger partial charge in [-0.2, -0.15) is 0 Å². The lowest BCUT2D eigenvalue weighted by atomic mass is 10.0. The minimum atomic E-state index is -3.41. The zero-order chi connectivity index (χ0) is 27.1. The van der Waals surface area contributed by atoms with Gasteiger partial charge in [-0.05, 0) is 44.2 Å². The summed E-state index contributed by atoms with van der Waals surface area (Å²) in [5, 5.41) is 5.11. The van der Waals surface area contributed by atoms with Crippen LogP contribution in [0.1, 0.15) is 53.2 Å². The van der Waals surface area contributed by atoms with Gasteiger partial charge >= 0.3 is 0 Å². The van der Waals surface area contributed by atoms with Gasteiger partial charge in [0.25, 0.3) is 30.7 Å². The molecule has 0 radical (unpaired) electrons. The summed E-state index contributed by atoms with van der Waals surface area (Å²) >= 11 is 0. The van der Waals surface area contributed by atoms with Crippen molar-refractivity contribution in [2.24, 2.45) is 11.8 Å². The van der Waals surface area contributed by atoms with Crippen molar-refractivity contribution in [2.45, 2.75) is 50.1 Å². The molecule has 202 valence electrons. The van der Waals surface area contributed by atoms with Gasteiger partial charge in [0.2, 0.25) is 0 Å². The topological polar surface area (TPSA) is 89.2 Å². The molecule has 2 saturated carbocycles. The van der Waals surface area contributed by atoms with Crippen molar-refractivity contribution in [3.05, 3.63) is 63.3 Å². The Balaban J connectivity index is 0.000000458. The molecule has 0 bridgehead atoms. The van der Waals surface area contributed by atoms with Crippen LogP contribution in [0.2, 0.25) is 0 Å². The highest BCUT2D eigenvalue weighted by Gasteiger charge is 2.53. The van der Waals surface area contributed by atoms with E-state index >= 15 is 0 Å². The quantitative estimate of drug-likeness (QED) is 0.464. The second-order valence-corrected chi connectivity index (χ2v) is 9.51. The number of aromatic nitrogens is 1. The minimum absolute atomic E-state index is 0.0408. The molecule has 1 saturated heterocycles. The van der Waals surface area contributed by atoms with Crippen LogP contribution in [0.5, 0.6) is 0 Å². The van der Waals surface area contributed by atoms with Crippen molar-refractivity contribution in [3.63, 3.8) is 0 Å². The number of nitrogens with zero attached hydrogens (tertiary/aromatic N) is 1. The molecule has 1 aliphatic heterocycles. The van der Waals surface area contributed by atoms with Crippen LogP contribution >= 0.6 is 0 Å². The summed E-state index contributed by atoms with van der Waals surface area (Å²) in [4.78, 5) is 24.6. The Bertz CT molecular complexity index is 1210. The monoisotopic (exact) mass is 534 g/mol. The third kappa shape index (κ3) is 5.46. The number of nitrogens with one attached hydrogen (secondary N) is 2. The van der Waals surface area contributed by atoms with Crippen molar-refractivity contribution >= 4 is 11.6 Å². The molecule has 5 rings (SSSR count). The molecule has 3 aliphatic rings. The maximum atomic E-state index is 14.3. The molecule has 4 N–H and O–H groups in total. The van der Waals surface area contributed by atoms with Crippen LogP contribution in [-0.2, 0) is 5.54 Å². The number of nitrogen functional groups attached to an aromatic ring is 1. The number of anilines is 1. The second kappa shape index (κ2) is 10.3. The lowest BCUT2D eigenvalue weighted by molar-refractivity contribution is 0.0643. The van der Waals surface area contributed by atoms with Gasteiger partial charge in [0.1, 0.15) is 17.4 Å². The predicted octanol–water partition coefficient (Wildman–Crippen LogP) is 4.22. The number of pyridine rings is 1. The maximum absolute atomic E-state index is 14.3. The molecule has 2 heterocycles.